The molecule has 0 aromatic heterocycles. The molecule has 0 aliphatic carbocycles. The topological polar surface area (TPSA) is 44.5 Å². The van der Waals surface area contributed by atoms with Crippen LogP contribution in [0.5, 0.6) is 11.5 Å². The molecule has 112 valence electrons. The van der Waals surface area contributed by atoms with Crippen LogP contribution in [0.25, 0.3) is 0 Å². The van der Waals surface area contributed by atoms with Crippen LogP contribution in [0.2, 0.25) is 0 Å². The normalized spacial score (nSPS) is 12.6. The smallest absolute Gasteiger partial charge is 0.126 e. The maximum atomic E-state index is 6.05. The average molecular weight is 277 g/mol. The molecular formula is C17H27NO2. The Balaban J connectivity index is 2.84. The van der Waals surface area contributed by atoms with Gasteiger partial charge in [-0.25, -0.2) is 0 Å². The van der Waals surface area contributed by atoms with Gasteiger partial charge < -0.3 is 15.2 Å². The highest BCUT2D eigenvalue weighted by atomic mass is 16.5. The van der Waals surface area contributed by atoms with Crippen LogP contribution in [0.4, 0.5) is 0 Å². The van der Waals surface area contributed by atoms with Crippen molar-refractivity contribution in [2.75, 3.05) is 13.2 Å². The molecule has 0 aliphatic heterocycles. The maximum absolute atomic E-state index is 6.05. The number of rotatable bonds is 9. The Morgan fingerprint density at radius 1 is 1.25 bits per heavy atom. The fourth-order valence-electron chi connectivity index (χ4n) is 1.81. The summed E-state index contributed by atoms with van der Waals surface area (Å²) in [7, 11) is 0. The van der Waals surface area contributed by atoms with E-state index in [0.717, 1.165) is 42.9 Å². The molecule has 2 N–H and O–H groups in total. The Morgan fingerprint density at radius 2 is 2.05 bits per heavy atom. The molecule has 0 spiro atoms. The van der Waals surface area contributed by atoms with Gasteiger partial charge in [0.05, 0.1) is 6.61 Å². The van der Waals surface area contributed by atoms with Crippen LogP contribution in [0.3, 0.4) is 0 Å². The van der Waals surface area contributed by atoms with E-state index in [4.69, 9.17) is 15.2 Å². The first-order valence-corrected chi connectivity index (χ1v) is 7.46. The second-order valence-corrected chi connectivity index (χ2v) is 4.87. The fourth-order valence-corrected chi connectivity index (χ4v) is 1.81. The van der Waals surface area contributed by atoms with Crippen molar-refractivity contribution < 1.29 is 9.47 Å². The molecule has 0 fully saturated rings. The summed E-state index contributed by atoms with van der Waals surface area (Å²) in [5, 5.41) is 0. The highest BCUT2D eigenvalue weighted by Crippen LogP contribution is 2.26. The third-order valence-corrected chi connectivity index (χ3v) is 3.09. The molecule has 1 unspecified atom stereocenters. The fraction of sp³-hybridized carbons (Fsp3) is 0.529. The Morgan fingerprint density at radius 3 is 2.70 bits per heavy atom. The standard InChI is InChI=1S/C17H27NO2/c1-4-7-11-20-17-13-16(19-10-5-2)9-8-14(17)12-15(18)6-3/h4,7-9,13,15H,5-6,10-12,18H2,1-3H3/b7-4+. The first-order chi connectivity index (χ1) is 9.71. The van der Waals surface area contributed by atoms with Crippen LogP contribution < -0.4 is 15.2 Å². The molecule has 1 rings (SSSR count). The quantitative estimate of drug-likeness (QED) is 0.700. The van der Waals surface area contributed by atoms with Gasteiger partial charge in [-0.05, 0) is 37.8 Å². The van der Waals surface area contributed by atoms with Gasteiger partial charge in [0, 0.05) is 12.1 Å². The molecule has 0 heterocycles. The minimum atomic E-state index is 0.168. The molecule has 1 aromatic rings. The van der Waals surface area contributed by atoms with E-state index in [0.29, 0.717) is 6.61 Å². The van der Waals surface area contributed by atoms with Gasteiger partial charge in [0.2, 0.25) is 0 Å². The number of hydrogen-bond donors (Lipinski definition) is 1. The summed E-state index contributed by atoms with van der Waals surface area (Å²) in [5.74, 6) is 1.73. The van der Waals surface area contributed by atoms with Crippen molar-refractivity contribution in [1.82, 2.24) is 0 Å². The summed E-state index contributed by atoms with van der Waals surface area (Å²) in [6, 6.07) is 6.19. The van der Waals surface area contributed by atoms with E-state index < -0.39 is 0 Å². The Kier molecular flexibility index (Phi) is 7.81. The largest absolute Gasteiger partial charge is 0.493 e. The van der Waals surface area contributed by atoms with E-state index in [1.54, 1.807) is 0 Å². The summed E-state index contributed by atoms with van der Waals surface area (Å²) in [4.78, 5) is 0. The Bertz CT molecular complexity index is 415. The number of nitrogens with two attached hydrogens (primary N) is 1. The highest BCUT2D eigenvalue weighted by Gasteiger charge is 2.09. The van der Waals surface area contributed by atoms with Crippen LogP contribution in [-0.2, 0) is 6.42 Å². The molecule has 0 saturated heterocycles. The second kappa shape index (κ2) is 9.43. The molecular weight excluding hydrogens is 250 g/mol. The predicted octanol–water partition coefficient (Wildman–Crippen LogP) is 3.71. The number of hydrogen-bond acceptors (Lipinski definition) is 3. The summed E-state index contributed by atoms with van der Waals surface area (Å²) in [6.07, 6.45) is 6.76. The number of benzene rings is 1. The van der Waals surface area contributed by atoms with Crippen molar-refractivity contribution in [3.05, 3.63) is 35.9 Å². The van der Waals surface area contributed by atoms with Gasteiger partial charge in [-0.3, -0.25) is 0 Å². The van der Waals surface area contributed by atoms with Gasteiger partial charge in [-0.15, -0.1) is 0 Å². The van der Waals surface area contributed by atoms with Gasteiger partial charge in [-0.2, -0.15) is 0 Å². The van der Waals surface area contributed by atoms with Crippen LogP contribution in [-0.4, -0.2) is 19.3 Å². The van der Waals surface area contributed by atoms with E-state index in [9.17, 15) is 0 Å². The number of ether oxygens (including phenoxy) is 2. The maximum Gasteiger partial charge on any atom is 0.126 e. The van der Waals surface area contributed by atoms with Gasteiger partial charge in [0.15, 0.2) is 0 Å². The summed E-state index contributed by atoms with van der Waals surface area (Å²) in [5.41, 5.74) is 7.19. The third-order valence-electron chi connectivity index (χ3n) is 3.09. The molecule has 0 amide bonds. The first-order valence-electron chi connectivity index (χ1n) is 7.46. The van der Waals surface area contributed by atoms with Crippen molar-refractivity contribution in [3.8, 4) is 11.5 Å². The van der Waals surface area contributed by atoms with Crippen molar-refractivity contribution in [2.45, 2.75) is 46.1 Å². The molecule has 0 radical (unpaired) electrons. The SMILES string of the molecule is C/C=C/COc1cc(OCCC)ccc1CC(N)CC. The average Bonchev–Trinajstić information content (AvgIpc) is 2.47. The lowest BCUT2D eigenvalue weighted by atomic mass is 10.0. The number of allylic oxidation sites excluding steroid dienone is 1. The zero-order chi connectivity index (χ0) is 14.8. The molecule has 20 heavy (non-hydrogen) atoms. The van der Waals surface area contributed by atoms with E-state index in [1.165, 1.54) is 0 Å². The molecule has 1 atom stereocenters. The van der Waals surface area contributed by atoms with E-state index in [2.05, 4.69) is 19.9 Å². The van der Waals surface area contributed by atoms with Crippen LogP contribution in [0.15, 0.2) is 30.4 Å². The van der Waals surface area contributed by atoms with Crippen LogP contribution >= 0.6 is 0 Å². The van der Waals surface area contributed by atoms with Crippen molar-refractivity contribution >= 4 is 0 Å². The van der Waals surface area contributed by atoms with Gasteiger partial charge >= 0.3 is 0 Å². The van der Waals surface area contributed by atoms with Crippen LogP contribution in [0, 0.1) is 0 Å². The van der Waals surface area contributed by atoms with Crippen LogP contribution in [0.1, 0.15) is 39.2 Å². The van der Waals surface area contributed by atoms with Crippen molar-refractivity contribution in [1.29, 1.82) is 0 Å². The minimum absolute atomic E-state index is 0.168. The van der Waals surface area contributed by atoms with Gasteiger partial charge in [0.1, 0.15) is 18.1 Å². The molecule has 0 aliphatic rings. The predicted molar refractivity (Wildman–Crippen MR) is 84.5 cm³/mol. The molecule has 3 heteroatoms. The van der Waals surface area contributed by atoms with E-state index in [-0.39, 0.29) is 6.04 Å². The highest BCUT2D eigenvalue weighted by molar-refractivity contribution is 5.41. The summed E-state index contributed by atoms with van der Waals surface area (Å²) >= 11 is 0. The monoisotopic (exact) mass is 277 g/mol. The lowest BCUT2D eigenvalue weighted by molar-refractivity contribution is 0.311. The molecule has 1 aromatic carbocycles. The van der Waals surface area contributed by atoms with Gasteiger partial charge in [0.25, 0.3) is 0 Å². The molecule has 0 bridgehead atoms. The summed E-state index contributed by atoms with van der Waals surface area (Å²) in [6.45, 7) is 7.48. The van der Waals surface area contributed by atoms with Crippen molar-refractivity contribution in [2.24, 2.45) is 5.73 Å². The Hall–Kier alpha value is -1.48. The third kappa shape index (κ3) is 5.66. The van der Waals surface area contributed by atoms with Gasteiger partial charge in [-0.1, -0.05) is 32.1 Å². The molecule has 3 nitrogen and oxygen atoms in total. The zero-order valence-electron chi connectivity index (χ0n) is 12.9. The second-order valence-electron chi connectivity index (χ2n) is 4.87. The van der Waals surface area contributed by atoms with E-state index in [1.807, 2.05) is 31.2 Å². The Labute approximate surface area is 122 Å². The lowest BCUT2D eigenvalue weighted by Crippen LogP contribution is -2.21. The van der Waals surface area contributed by atoms with Crippen molar-refractivity contribution in [3.63, 3.8) is 0 Å². The molecule has 0 saturated carbocycles. The van der Waals surface area contributed by atoms with E-state index >= 15 is 0 Å². The lowest BCUT2D eigenvalue weighted by Gasteiger charge is -2.15. The zero-order valence-corrected chi connectivity index (χ0v) is 12.9. The first kappa shape index (κ1) is 16.6. The minimum Gasteiger partial charge on any atom is -0.493 e. The summed E-state index contributed by atoms with van der Waals surface area (Å²) < 4.78 is 11.5.